The van der Waals surface area contributed by atoms with Crippen LogP contribution in [0.5, 0.6) is 0 Å². The summed E-state index contributed by atoms with van der Waals surface area (Å²) in [5.41, 5.74) is 0. The van der Waals surface area contributed by atoms with Crippen LogP contribution in [0.15, 0.2) is 0 Å². The number of hydrogen-bond donors (Lipinski definition) is 0. The van der Waals surface area contributed by atoms with Crippen LogP contribution in [-0.2, 0) is 19.1 Å². The molecule has 5 heteroatoms. The normalized spacial score (nSPS) is 9.38. The molecule has 0 fully saturated rings. The molecule has 0 aromatic rings. The molecule has 0 aromatic carbocycles. The van der Waals surface area contributed by atoms with Gasteiger partial charge in [0.15, 0.2) is 0 Å². The van der Waals surface area contributed by atoms with Gasteiger partial charge in [0.25, 0.3) is 0 Å². The van der Waals surface area contributed by atoms with Crippen molar-refractivity contribution in [3.8, 4) is 0 Å². The van der Waals surface area contributed by atoms with Crippen LogP contribution in [0.4, 0.5) is 0 Å². The molecule has 4 nitrogen and oxygen atoms in total. The Hall–Kier alpha value is -0.710. The molecular formula is C8H14O4S. The lowest BCUT2D eigenvalue weighted by atomic mass is 10.2. The highest BCUT2D eigenvalue weighted by Gasteiger charge is 2.05. The Morgan fingerprint density at radius 3 is 2.38 bits per heavy atom. The van der Waals surface area contributed by atoms with E-state index >= 15 is 0 Å². The van der Waals surface area contributed by atoms with E-state index in [1.807, 2.05) is 6.26 Å². The first-order valence-electron chi connectivity index (χ1n) is 3.92. The Morgan fingerprint density at radius 1 is 1.23 bits per heavy atom. The lowest BCUT2D eigenvalue weighted by molar-refractivity contribution is -0.142. The van der Waals surface area contributed by atoms with Crippen LogP contribution >= 0.6 is 11.8 Å². The maximum Gasteiger partial charge on any atom is 0.306 e. The first kappa shape index (κ1) is 12.3. The van der Waals surface area contributed by atoms with Crippen LogP contribution in [0.1, 0.15) is 19.3 Å². The van der Waals surface area contributed by atoms with Gasteiger partial charge >= 0.3 is 11.9 Å². The Balaban J connectivity index is 3.31. The number of carbonyl (C=O) groups excluding carboxylic acids is 2. The van der Waals surface area contributed by atoms with Crippen LogP contribution in [0.2, 0.25) is 0 Å². The van der Waals surface area contributed by atoms with Crippen molar-refractivity contribution in [1.82, 2.24) is 0 Å². The summed E-state index contributed by atoms with van der Waals surface area (Å²) in [6.45, 7) is 0. The molecule has 0 aliphatic rings. The van der Waals surface area contributed by atoms with Gasteiger partial charge in [0.2, 0.25) is 0 Å². The first-order chi connectivity index (χ1) is 6.20. The third kappa shape index (κ3) is 7.64. The molecule has 0 spiro atoms. The molecule has 0 N–H and O–H groups in total. The van der Waals surface area contributed by atoms with Gasteiger partial charge < -0.3 is 9.47 Å². The predicted molar refractivity (Wildman–Crippen MR) is 50.3 cm³/mol. The van der Waals surface area contributed by atoms with Crippen LogP contribution in [0, 0.1) is 0 Å². The quantitative estimate of drug-likeness (QED) is 0.482. The monoisotopic (exact) mass is 206 g/mol. The maximum absolute atomic E-state index is 10.9. The third-order valence-corrected chi connectivity index (χ3v) is 1.68. The summed E-state index contributed by atoms with van der Waals surface area (Å²) in [5.74, 6) is -0.187. The molecular weight excluding hydrogens is 192 g/mol. The van der Waals surface area contributed by atoms with E-state index in [9.17, 15) is 9.59 Å². The summed E-state index contributed by atoms with van der Waals surface area (Å²) in [7, 11) is 1.33. The van der Waals surface area contributed by atoms with E-state index in [4.69, 9.17) is 4.74 Å². The predicted octanol–water partition coefficient (Wildman–Crippen LogP) is 1.19. The van der Waals surface area contributed by atoms with Crippen LogP contribution < -0.4 is 0 Å². The number of rotatable bonds is 6. The number of thioether (sulfide) groups is 1. The number of ether oxygens (including phenoxy) is 2. The molecule has 0 amide bonds. The largest absolute Gasteiger partial charge is 0.469 e. The Bertz CT molecular complexity index is 170. The van der Waals surface area contributed by atoms with Crippen LogP contribution in [0.25, 0.3) is 0 Å². The van der Waals surface area contributed by atoms with Gasteiger partial charge in [-0.05, 0) is 12.7 Å². The summed E-state index contributed by atoms with van der Waals surface area (Å²) >= 11 is 1.44. The molecule has 0 atom stereocenters. The molecule has 76 valence electrons. The fraction of sp³-hybridized carbons (Fsp3) is 0.750. The molecule has 0 radical (unpaired) electrons. The number of esters is 2. The molecule has 0 saturated carbocycles. The van der Waals surface area contributed by atoms with E-state index in [0.717, 1.165) is 0 Å². The standard InChI is InChI=1S/C8H14O4S/c1-11-7(9)4-3-5-8(10)12-6-13-2/h3-6H2,1-2H3. The molecule has 0 heterocycles. The molecule has 0 rings (SSSR count). The van der Waals surface area contributed by atoms with Gasteiger partial charge in [-0.3, -0.25) is 9.59 Å². The minimum atomic E-state index is -0.294. The number of methoxy groups -OCH3 is 1. The number of carbonyl (C=O) groups is 2. The van der Waals surface area contributed by atoms with Gasteiger partial charge in [0.05, 0.1) is 7.11 Å². The van der Waals surface area contributed by atoms with E-state index in [1.165, 1.54) is 18.9 Å². The molecule has 0 aromatic heterocycles. The fourth-order valence-electron chi connectivity index (χ4n) is 0.676. The third-order valence-electron chi connectivity index (χ3n) is 1.33. The SMILES string of the molecule is COC(=O)CCCC(=O)OCSC. The molecule has 13 heavy (non-hydrogen) atoms. The van der Waals surface area contributed by atoms with E-state index in [0.29, 0.717) is 12.4 Å². The maximum atomic E-state index is 10.9. The Kier molecular flexibility index (Phi) is 7.48. The zero-order valence-electron chi connectivity index (χ0n) is 7.87. The molecule has 0 unspecified atom stereocenters. The van der Waals surface area contributed by atoms with E-state index < -0.39 is 0 Å². The number of hydrogen-bond acceptors (Lipinski definition) is 5. The van der Waals surface area contributed by atoms with Gasteiger partial charge in [-0.2, -0.15) is 0 Å². The minimum absolute atomic E-state index is 0.266. The topological polar surface area (TPSA) is 52.6 Å². The Labute approximate surface area is 82.0 Å². The van der Waals surface area contributed by atoms with Gasteiger partial charge in [-0.15, -0.1) is 11.8 Å². The Morgan fingerprint density at radius 2 is 1.85 bits per heavy atom. The average molecular weight is 206 g/mol. The van der Waals surface area contributed by atoms with Crippen molar-refractivity contribution < 1.29 is 19.1 Å². The van der Waals surface area contributed by atoms with Crippen molar-refractivity contribution in [2.24, 2.45) is 0 Å². The van der Waals surface area contributed by atoms with Crippen molar-refractivity contribution in [1.29, 1.82) is 0 Å². The summed E-state index contributed by atoms with van der Waals surface area (Å²) in [6, 6.07) is 0. The van der Waals surface area contributed by atoms with Crippen molar-refractivity contribution in [2.45, 2.75) is 19.3 Å². The van der Waals surface area contributed by atoms with E-state index in [1.54, 1.807) is 0 Å². The lowest BCUT2D eigenvalue weighted by Gasteiger charge is -2.01. The van der Waals surface area contributed by atoms with Crippen molar-refractivity contribution >= 4 is 23.7 Å². The van der Waals surface area contributed by atoms with Gasteiger partial charge in [0, 0.05) is 12.8 Å². The molecule has 0 aliphatic carbocycles. The van der Waals surface area contributed by atoms with Gasteiger partial charge in [-0.1, -0.05) is 0 Å². The molecule has 0 saturated heterocycles. The van der Waals surface area contributed by atoms with Crippen molar-refractivity contribution in [3.63, 3.8) is 0 Å². The van der Waals surface area contributed by atoms with Gasteiger partial charge in [0.1, 0.15) is 5.94 Å². The highest BCUT2D eigenvalue weighted by atomic mass is 32.2. The fourth-order valence-corrected chi connectivity index (χ4v) is 0.925. The highest BCUT2D eigenvalue weighted by molar-refractivity contribution is 7.98. The smallest absolute Gasteiger partial charge is 0.306 e. The van der Waals surface area contributed by atoms with E-state index in [2.05, 4.69) is 4.74 Å². The van der Waals surface area contributed by atoms with Crippen molar-refractivity contribution in [3.05, 3.63) is 0 Å². The summed E-state index contributed by atoms with van der Waals surface area (Å²) in [5, 5.41) is 0. The summed E-state index contributed by atoms with van der Waals surface area (Å²) in [6.07, 6.45) is 2.88. The van der Waals surface area contributed by atoms with Crippen LogP contribution in [-0.4, -0.2) is 31.2 Å². The van der Waals surface area contributed by atoms with Crippen LogP contribution in [0.3, 0.4) is 0 Å². The van der Waals surface area contributed by atoms with E-state index in [-0.39, 0.29) is 24.8 Å². The van der Waals surface area contributed by atoms with Crippen molar-refractivity contribution in [2.75, 3.05) is 19.3 Å². The first-order valence-corrected chi connectivity index (χ1v) is 5.31. The summed E-state index contributed by atoms with van der Waals surface area (Å²) < 4.78 is 9.20. The second-order valence-electron chi connectivity index (χ2n) is 2.35. The molecule has 0 bridgehead atoms. The highest BCUT2D eigenvalue weighted by Crippen LogP contribution is 2.01. The summed E-state index contributed by atoms with van der Waals surface area (Å²) in [4.78, 5) is 21.5. The minimum Gasteiger partial charge on any atom is -0.469 e. The second kappa shape index (κ2) is 7.91. The average Bonchev–Trinajstić information content (AvgIpc) is 2.14. The van der Waals surface area contributed by atoms with Gasteiger partial charge in [-0.25, -0.2) is 0 Å². The zero-order valence-corrected chi connectivity index (χ0v) is 8.69. The lowest BCUT2D eigenvalue weighted by Crippen LogP contribution is -2.06. The molecule has 0 aliphatic heterocycles. The second-order valence-corrected chi connectivity index (χ2v) is 3.17. The zero-order chi connectivity index (χ0) is 10.1.